The molecule has 1 amide bonds. The Morgan fingerprint density at radius 1 is 1.17 bits per heavy atom. The van der Waals surface area contributed by atoms with Crippen LogP contribution in [0.3, 0.4) is 0 Å². The highest BCUT2D eigenvalue weighted by molar-refractivity contribution is 7.91. The number of carbonyl (C=O) groups excluding carboxylic acids is 1. The van der Waals surface area contributed by atoms with E-state index in [1.54, 1.807) is 38.1 Å². The summed E-state index contributed by atoms with van der Waals surface area (Å²) in [6, 6.07) is 12.5. The largest absolute Gasteiger partial charge is 0.348 e. The van der Waals surface area contributed by atoms with Crippen molar-refractivity contribution in [2.24, 2.45) is 0 Å². The average molecular weight is 440 g/mol. The molecule has 2 aromatic carbocycles. The second-order valence-corrected chi connectivity index (χ2v) is 9.70. The van der Waals surface area contributed by atoms with Crippen LogP contribution in [0.15, 0.2) is 53.4 Å². The molecule has 9 heteroatoms. The maximum absolute atomic E-state index is 12.9. The van der Waals surface area contributed by atoms with Gasteiger partial charge >= 0.3 is 0 Å². The van der Waals surface area contributed by atoms with Crippen molar-refractivity contribution in [2.75, 3.05) is 12.4 Å². The Morgan fingerprint density at radius 3 is 2.21 bits per heavy atom. The van der Waals surface area contributed by atoms with Crippen LogP contribution in [0, 0.1) is 0 Å². The zero-order chi connectivity index (χ0) is 21.2. The van der Waals surface area contributed by atoms with E-state index in [-0.39, 0.29) is 17.9 Å². The summed E-state index contributed by atoms with van der Waals surface area (Å²) in [5.41, 5.74) is 1.74. The van der Waals surface area contributed by atoms with Gasteiger partial charge in [0.25, 0.3) is 0 Å². The second-order valence-electron chi connectivity index (χ2n) is 7.23. The van der Waals surface area contributed by atoms with Gasteiger partial charge in [-0.25, -0.2) is 13.5 Å². The van der Waals surface area contributed by atoms with E-state index in [9.17, 15) is 18.4 Å². The molecule has 7 nitrogen and oxygen atoms in total. The highest BCUT2D eigenvalue weighted by atomic mass is 35.5. The molecule has 1 saturated heterocycles. The lowest BCUT2D eigenvalue weighted by Gasteiger charge is -2.27. The van der Waals surface area contributed by atoms with E-state index in [4.69, 9.17) is 21.1 Å². The lowest BCUT2D eigenvalue weighted by atomic mass is 10.1. The van der Waals surface area contributed by atoms with Gasteiger partial charge in [-0.2, -0.15) is 0 Å². The zero-order valence-electron chi connectivity index (χ0n) is 16.0. The van der Waals surface area contributed by atoms with E-state index >= 15 is 0 Å². The Balaban J connectivity index is 1.81. The molecule has 0 bridgehead atoms. The van der Waals surface area contributed by atoms with E-state index in [1.807, 2.05) is 12.1 Å². The summed E-state index contributed by atoms with van der Waals surface area (Å²) in [4.78, 5) is 11.2. The Hall–Kier alpha value is -1.97. The summed E-state index contributed by atoms with van der Waals surface area (Å²) < 4.78 is 36.9. The number of amides is 1. The van der Waals surface area contributed by atoms with Crippen LogP contribution in [0.1, 0.15) is 13.8 Å². The van der Waals surface area contributed by atoms with Crippen LogP contribution >= 0.6 is 11.6 Å². The van der Waals surface area contributed by atoms with Gasteiger partial charge in [0.1, 0.15) is 12.1 Å². The number of halogens is 1. The third-order valence-electron chi connectivity index (χ3n) is 4.69. The molecule has 0 radical (unpaired) electrons. The monoisotopic (exact) mass is 439 g/mol. The summed E-state index contributed by atoms with van der Waals surface area (Å²) in [6.45, 7) is 3.42. The van der Waals surface area contributed by atoms with Gasteiger partial charge in [-0.15, -0.1) is 0 Å². The smallest absolute Gasteiger partial charge is 0.233 e. The first-order valence-corrected chi connectivity index (χ1v) is 11.0. The number of carbonyl (C=O) groups is 1. The number of hydrogen-bond donors (Lipinski definition) is 1. The fourth-order valence-corrected chi connectivity index (χ4v) is 4.84. The summed E-state index contributed by atoms with van der Waals surface area (Å²) in [7, 11) is -3.81. The first-order valence-electron chi connectivity index (χ1n) is 8.94. The highest BCUT2D eigenvalue weighted by Gasteiger charge is 2.41. The third kappa shape index (κ3) is 5.15. The van der Waals surface area contributed by atoms with E-state index in [1.165, 1.54) is 12.1 Å². The molecule has 1 fully saturated rings. The SMILES string of the molecule is CC1(C)OC[C@H]([C@@H](CS(=O)(=O)c2ccc(-c3ccc(Cl)cc3)cc2)N(O)C=O)O1. The molecule has 1 aliphatic heterocycles. The van der Waals surface area contributed by atoms with Crippen LogP contribution < -0.4 is 0 Å². The van der Waals surface area contributed by atoms with Crippen molar-refractivity contribution in [3.05, 3.63) is 53.6 Å². The van der Waals surface area contributed by atoms with Crippen molar-refractivity contribution in [1.29, 1.82) is 0 Å². The number of ether oxygens (including phenoxy) is 2. The number of benzene rings is 2. The van der Waals surface area contributed by atoms with Gasteiger partial charge in [-0.1, -0.05) is 35.9 Å². The number of hydrogen-bond acceptors (Lipinski definition) is 6. The van der Waals surface area contributed by atoms with Crippen molar-refractivity contribution in [3.63, 3.8) is 0 Å². The molecule has 0 unspecified atom stereocenters. The lowest BCUT2D eigenvalue weighted by Crippen LogP contribution is -2.47. The van der Waals surface area contributed by atoms with Gasteiger partial charge in [-0.05, 0) is 49.2 Å². The van der Waals surface area contributed by atoms with Crippen molar-refractivity contribution < 1.29 is 27.9 Å². The molecule has 0 aromatic heterocycles. The maximum Gasteiger partial charge on any atom is 0.233 e. The zero-order valence-corrected chi connectivity index (χ0v) is 17.6. The maximum atomic E-state index is 12.9. The molecule has 0 spiro atoms. The summed E-state index contributed by atoms with van der Waals surface area (Å²) in [5, 5.41) is 10.9. The Bertz CT molecular complexity index is 959. The molecule has 0 saturated carbocycles. The molecule has 2 atom stereocenters. The first kappa shape index (κ1) is 21.7. The van der Waals surface area contributed by atoms with Crippen LogP contribution in [-0.2, 0) is 24.1 Å². The first-order chi connectivity index (χ1) is 13.6. The molecule has 3 rings (SSSR count). The van der Waals surface area contributed by atoms with Crippen LogP contribution in [0.5, 0.6) is 0 Å². The average Bonchev–Trinajstić information content (AvgIpc) is 3.06. The van der Waals surface area contributed by atoms with E-state index in [0.717, 1.165) is 11.1 Å². The van der Waals surface area contributed by atoms with Crippen LogP contribution in [0.25, 0.3) is 11.1 Å². The molecule has 29 heavy (non-hydrogen) atoms. The van der Waals surface area contributed by atoms with Gasteiger partial charge in [0.2, 0.25) is 6.41 Å². The minimum Gasteiger partial charge on any atom is -0.348 e. The molecular weight excluding hydrogens is 418 g/mol. The van der Waals surface area contributed by atoms with Gasteiger partial charge in [-0.3, -0.25) is 10.0 Å². The van der Waals surface area contributed by atoms with Gasteiger partial charge in [0.15, 0.2) is 15.6 Å². The molecule has 2 aromatic rings. The van der Waals surface area contributed by atoms with Crippen molar-refractivity contribution >= 4 is 27.8 Å². The van der Waals surface area contributed by atoms with Crippen molar-refractivity contribution in [2.45, 2.75) is 36.7 Å². The molecule has 0 aliphatic carbocycles. The highest BCUT2D eigenvalue weighted by Crippen LogP contribution is 2.28. The molecular formula is C20H22ClNO6S. The summed E-state index contributed by atoms with van der Waals surface area (Å²) >= 11 is 5.89. The van der Waals surface area contributed by atoms with E-state index in [2.05, 4.69) is 0 Å². The lowest BCUT2D eigenvalue weighted by molar-refractivity contribution is -0.182. The van der Waals surface area contributed by atoms with Gasteiger partial charge in [0, 0.05) is 5.02 Å². The molecule has 156 valence electrons. The number of sulfone groups is 1. The quantitative estimate of drug-likeness (QED) is 0.404. The second kappa shape index (κ2) is 8.41. The summed E-state index contributed by atoms with van der Waals surface area (Å²) in [6.07, 6.45) is -0.610. The molecule has 1 heterocycles. The van der Waals surface area contributed by atoms with Gasteiger partial charge in [0.05, 0.1) is 17.3 Å². The molecule has 1 N–H and O–H groups in total. The Kier molecular flexibility index (Phi) is 6.30. The fourth-order valence-electron chi connectivity index (χ4n) is 3.16. The topological polar surface area (TPSA) is 93.1 Å². The molecule has 1 aliphatic rings. The normalized spacial score (nSPS) is 19.7. The van der Waals surface area contributed by atoms with E-state index in [0.29, 0.717) is 10.1 Å². The predicted molar refractivity (Wildman–Crippen MR) is 107 cm³/mol. The predicted octanol–water partition coefficient (Wildman–Crippen LogP) is 3.15. The van der Waals surface area contributed by atoms with Crippen LogP contribution in [-0.4, -0.2) is 55.4 Å². The Morgan fingerprint density at radius 2 is 1.72 bits per heavy atom. The van der Waals surface area contributed by atoms with Crippen molar-refractivity contribution in [1.82, 2.24) is 5.06 Å². The fraction of sp³-hybridized carbons (Fsp3) is 0.350. The number of nitrogens with zero attached hydrogens (tertiary/aromatic N) is 1. The van der Waals surface area contributed by atoms with Crippen LogP contribution in [0.4, 0.5) is 0 Å². The van der Waals surface area contributed by atoms with Crippen LogP contribution in [0.2, 0.25) is 5.02 Å². The Labute approximate surface area is 174 Å². The summed E-state index contributed by atoms with van der Waals surface area (Å²) in [5.74, 6) is -1.43. The van der Waals surface area contributed by atoms with Crippen molar-refractivity contribution in [3.8, 4) is 11.1 Å². The number of hydroxylamine groups is 2. The van der Waals surface area contributed by atoms with Gasteiger partial charge < -0.3 is 9.47 Å². The minimum atomic E-state index is -3.81. The third-order valence-corrected chi connectivity index (χ3v) is 6.71. The van der Waals surface area contributed by atoms with E-state index < -0.39 is 33.5 Å². The minimum absolute atomic E-state index is 0.0631. The standard InChI is InChI=1S/C20H22ClNO6S/c1-20(2)27-11-19(28-20)18(22(24)13-23)12-29(25,26)17-9-5-15(6-10-17)14-3-7-16(21)8-4-14/h3-10,13,18-19,24H,11-12H2,1-2H3/t18-,19-/m1/s1. The number of rotatable bonds is 7.